The highest BCUT2D eigenvalue weighted by Gasteiger charge is 2.34. The zero-order valence-electron chi connectivity index (χ0n) is 11.3. The zero-order valence-corrected chi connectivity index (χ0v) is 11.3. The van der Waals surface area contributed by atoms with E-state index in [1.165, 1.54) is 16.9 Å². The number of nitrogens with zero attached hydrogens (tertiary/aromatic N) is 3. The summed E-state index contributed by atoms with van der Waals surface area (Å²) in [5.41, 5.74) is -0.611. The van der Waals surface area contributed by atoms with Crippen LogP contribution in [0.15, 0.2) is 24.4 Å². The molecule has 0 aliphatic rings. The van der Waals surface area contributed by atoms with Gasteiger partial charge < -0.3 is 5.32 Å². The molecule has 4 nitrogen and oxygen atoms in total. The molecule has 0 unspecified atom stereocenters. The molecule has 0 aliphatic heterocycles. The molecule has 2 aromatic rings. The molecular formula is C13H14F4N4. The summed E-state index contributed by atoms with van der Waals surface area (Å²) in [6.45, 7) is 3.30. The maximum atomic E-state index is 13.2. The first-order chi connectivity index (χ1) is 9.91. The second-order valence-electron chi connectivity index (χ2n) is 4.49. The predicted octanol–water partition coefficient (Wildman–Crippen LogP) is 2.92. The number of hydrogen-bond acceptors (Lipinski definition) is 3. The van der Waals surface area contributed by atoms with Crippen LogP contribution in [0, 0.1) is 5.82 Å². The summed E-state index contributed by atoms with van der Waals surface area (Å²) in [6.07, 6.45) is -2.27. The van der Waals surface area contributed by atoms with E-state index in [9.17, 15) is 17.6 Å². The van der Waals surface area contributed by atoms with Gasteiger partial charge in [0.15, 0.2) is 0 Å². The monoisotopic (exact) mass is 302 g/mol. The molecule has 1 heterocycles. The molecule has 114 valence electrons. The minimum atomic E-state index is -4.74. The molecule has 1 aromatic heterocycles. The molecule has 1 N–H and O–H groups in total. The second kappa shape index (κ2) is 6.21. The van der Waals surface area contributed by atoms with Gasteiger partial charge in [-0.05, 0) is 31.2 Å². The average Bonchev–Trinajstić information content (AvgIpc) is 2.87. The summed E-state index contributed by atoms with van der Waals surface area (Å²) >= 11 is 0. The van der Waals surface area contributed by atoms with Crippen LogP contribution in [0.25, 0.3) is 5.69 Å². The van der Waals surface area contributed by atoms with Crippen LogP contribution >= 0.6 is 0 Å². The van der Waals surface area contributed by atoms with Gasteiger partial charge in [0.2, 0.25) is 0 Å². The third-order valence-corrected chi connectivity index (χ3v) is 2.79. The van der Waals surface area contributed by atoms with E-state index in [2.05, 4.69) is 15.6 Å². The van der Waals surface area contributed by atoms with E-state index in [0.717, 1.165) is 19.0 Å². The van der Waals surface area contributed by atoms with Crippen LogP contribution < -0.4 is 5.32 Å². The summed E-state index contributed by atoms with van der Waals surface area (Å²) in [4.78, 5) is 0. The third kappa shape index (κ3) is 3.78. The van der Waals surface area contributed by atoms with Crippen LogP contribution in [0.4, 0.5) is 17.6 Å². The quantitative estimate of drug-likeness (QED) is 0.682. The van der Waals surface area contributed by atoms with Crippen molar-refractivity contribution in [1.82, 2.24) is 20.3 Å². The highest BCUT2D eigenvalue weighted by molar-refractivity contribution is 5.37. The van der Waals surface area contributed by atoms with Crippen LogP contribution in [-0.4, -0.2) is 21.5 Å². The Morgan fingerprint density at radius 3 is 2.71 bits per heavy atom. The Morgan fingerprint density at radius 2 is 2.05 bits per heavy atom. The summed E-state index contributed by atoms with van der Waals surface area (Å²) < 4.78 is 52.4. The number of benzene rings is 1. The molecule has 0 bridgehead atoms. The van der Waals surface area contributed by atoms with E-state index in [-0.39, 0.29) is 5.69 Å². The molecule has 0 aliphatic carbocycles. The molecule has 8 heteroatoms. The number of nitrogens with one attached hydrogen (secondary N) is 1. The van der Waals surface area contributed by atoms with E-state index >= 15 is 0 Å². The zero-order chi connectivity index (χ0) is 15.5. The Bertz CT molecular complexity index is 606. The summed E-state index contributed by atoms with van der Waals surface area (Å²) in [5.74, 6) is -1.31. The Morgan fingerprint density at radius 1 is 1.29 bits per heavy atom. The van der Waals surface area contributed by atoms with Crippen LogP contribution in [-0.2, 0) is 12.7 Å². The van der Waals surface area contributed by atoms with Crippen molar-refractivity contribution in [1.29, 1.82) is 0 Å². The van der Waals surface area contributed by atoms with Gasteiger partial charge in [0.05, 0.1) is 23.1 Å². The van der Waals surface area contributed by atoms with Crippen molar-refractivity contribution in [2.45, 2.75) is 26.1 Å². The van der Waals surface area contributed by atoms with E-state index < -0.39 is 17.6 Å². The van der Waals surface area contributed by atoms with Crippen molar-refractivity contribution >= 4 is 0 Å². The highest BCUT2D eigenvalue weighted by atomic mass is 19.4. The van der Waals surface area contributed by atoms with Gasteiger partial charge in [-0.1, -0.05) is 12.1 Å². The van der Waals surface area contributed by atoms with Gasteiger partial charge in [-0.15, -0.1) is 5.10 Å². The van der Waals surface area contributed by atoms with Gasteiger partial charge in [-0.3, -0.25) is 0 Å². The lowest BCUT2D eigenvalue weighted by Crippen LogP contribution is -2.13. The smallest absolute Gasteiger partial charge is 0.311 e. The lowest BCUT2D eigenvalue weighted by Gasteiger charge is -2.09. The molecule has 21 heavy (non-hydrogen) atoms. The topological polar surface area (TPSA) is 42.7 Å². The number of halogens is 4. The summed E-state index contributed by atoms with van der Waals surface area (Å²) in [5, 5.41) is 10.7. The fourth-order valence-electron chi connectivity index (χ4n) is 1.77. The molecule has 0 saturated carbocycles. The number of aromatic nitrogens is 3. The molecule has 1 aromatic carbocycles. The van der Waals surface area contributed by atoms with E-state index in [0.29, 0.717) is 18.3 Å². The highest BCUT2D eigenvalue weighted by Crippen LogP contribution is 2.32. The third-order valence-electron chi connectivity index (χ3n) is 2.79. The van der Waals surface area contributed by atoms with E-state index in [4.69, 9.17) is 0 Å². The van der Waals surface area contributed by atoms with Gasteiger partial charge in [0.1, 0.15) is 5.82 Å². The Balaban J connectivity index is 2.22. The number of hydrogen-bond donors (Lipinski definition) is 1. The molecule has 0 spiro atoms. The van der Waals surface area contributed by atoms with Crippen LogP contribution in [0.3, 0.4) is 0 Å². The van der Waals surface area contributed by atoms with Gasteiger partial charge in [0, 0.05) is 6.54 Å². The first kappa shape index (κ1) is 15.4. The van der Waals surface area contributed by atoms with Crippen molar-refractivity contribution in [2.24, 2.45) is 0 Å². The number of rotatable bonds is 5. The molecule has 2 rings (SSSR count). The normalized spacial score (nSPS) is 11.9. The first-order valence-corrected chi connectivity index (χ1v) is 6.41. The van der Waals surface area contributed by atoms with Crippen molar-refractivity contribution < 1.29 is 17.6 Å². The van der Waals surface area contributed by atoms with Crippen molar-refractivity contribution in [3.63, 3.8) is 0 Å². The van der Waals surface area contributed by atoms with Gasteiger partial charge in [-0.2, -0.15) is 13.2 Å². The molecule has 0 fully saturated rings. The fraction of sp³-hybridized carbons (Fsp3) is 0.385. The van der Waals surface area contributed by atoms with Gasteiger partial charge in [0.25, 0.3) is 0 Å². The van der Waals surface area contributed by atoms with E-state index in [1.54, 1.807) is 0 Å². The Hall–Kier alpha value is -1.96. The van der Waals surface area contributed by atoms with Crippen molar-refractivity contribution in [3.8, 4) is 5.69 Å². The van der Waals surface area contributed by atoms with Crippen LogP contribution in [0.1, 0.15) is 24.6 Å². The van der Waals surface area contributed by atoms with Gasteiger partial charge >= 0.3 is 6.18 Å². The van der Waals surface area contributed by atoms with Crippen LogP contribution in [0.2, 0.25) is 0 Å². The van der Waals surface area contributed by atoms with Crippen LogP contribution in [0.5, 0.6) is 0 Å². The summed E-state index contributed by atoms with van der Waals surface area (Å²) in [7, 11) is 0. The second-order valence-corrected chi connectivity index (χ2v) is 4.49. The first-order valence-electron chi connectivity index (χ1n) is 6.41. The average molecular weight is 302 g/mol. The summed E-state index contributed by atoms with van der Waals surface area (Å²) in [6, 6.07) is 2.71. The van der Waals surface area contributed by atoms with Crippen molar-refractivity contribution in [2.75, 3.05) is 6.54 Å². The maximum absolute atomic E-state index is 13.2. The lowest BCUT2D eigenvalue weighted by molar-refractivity contribution is -0.140. The molecule has 0 amide bonds. The molecule has 0 saturated heterocycles. The Labute approximate surface area is 118 Å². The molecular weight excluding hydrogens is 288 g/mol. The lowest BCUT2D eigenvalue weighted by atomic mass is 10.2. The van der Waals surface area contributed by atoms with E-state index in [1.807, 2.05) is 6.92 Å². The largest absolute Gasteiger partial charge is 0.419 e. The Kier molecular flexibility index (Phi) is 4.56. The minimum Gasteiger partial charge on any atom is -0.311 e. The maximum Gasteiger partial charge on any atom is 0.419 e. The fourth-order valence-corrected chi connectivity index (χ4v) is 1.77. The standard InChI is InChI=1S/C13H14F4N4/c1-2-5-18-7-9-8-21(20-19-9)10-3-4-12(14)11(6-10)13(15,16)17/h3-4,6,8,18H,2,5,7H2,1H3. The van der Waals surface area contributed by atoms with Gasteiger partial charge in [-0.25, -0.2) is 9.07 Å². The number of alkyl halides is 3. The minimum absolute atomic E-state index is 0.109. The van der Waals surface area contributed by atoms with Crippen molar-refractivity contribution in [3.05, 3.63) is 41.5 Å². The molecule has 0 atom stereocenters. The predicted molar refractivity (Wildman–Crippen MR) is 68.3 cm³/mol. The SMILES string of the molecule is CCCNCc1cn(-c2ccc(F)c(C(F)(F)F)c2)nn1. The molecule has 0 radical (unpaired) electrons.